The number of hydrogen-bond donors (Lipinski definition) is 0. The predicted octanol–water partition coefficient (Wildman–Crippen LogP) is 2.31. The van der Waals surface area contributed by atoms with E-state index in [9.17, 15) is 0 Å². The summed E-state index contributed by atoms with van der Waals surface area (Å²) in [7, 11) is 4.17. The van der Waals surface area contributed by atoms with E-state index in [0.717, 1.165) is 39.5 Å². The molecule has 5 heteroatoms. The van der Waals surface area contributed by atoms with E-state index in [4.69, 9.17) is 9.47 Å². The van der Waals surface area contributed by atoms with E-state index in [1.807, 2.05) is 0 Å². The summed E-state index contributed by atoms with van der Waals surface area (Å²) >= 11 is 1.79. The van der Waals surface area contributed by atoms with Crippen molar-refractivity contribution in [3.8, 4) is 0 Å². The molecule has 2 aliphatic rings. The van der Waals surface area contributed by atoms with Gasteiger partial charge in [0.15, 0.2) is 0 Å². The van der Waals surface area contributed by atoms with Crippen LogP contribution in [-0.2, 0) is 16.0 Å². The Morgan fingerprint density at radius 1 is 1.41 bits per heavy atom. The maximum atomic E-state index is 6.11. The number of thiophene rings is 1. The van der Waals surface area contributed by atoms with Crippen molar-refractivity contribution < 1.29 is 9.47 Å². The van der Waals surface area contributed by atoms with Crippen molar-refractivity contribution in [3.05, 3.63) is 22.4 Å². The van der Waals surface area contributed by atoms with E-state index in [1.54, 1.807) is 11.3 Å². The lowest BCUT2D eigenvalue weighted by molar-refractivity contribution is -0.0883. The van der Waals surface area contributed by atoms with E-state index >= 15 is 0 Å². The molecule has 0 unspecified atom stereocenters. The van der Waals surface area contributed by atoms with Gasteiger partial charge < -0.3 is 14.4 Å². The zero-order chi connectivity index (χ0) is 15.4. The summed E-state index contributed by atoms with van der Waals surface area (Å²) in [4.78, 5) is 4.78. The first-order valence-electron chi connectivity index (χ1n) is 8.33. The quantitative estimate of drug-likeness (QED) is 0.719. The minimum absolute atomic E-state index is 0.367. The van der Waals surface area contributed by atoms with Crippen LogP contribution in [0, 0.1) is 5.92 Å². The fraction of sp³-hybridized carbons (Fsp3) is 0.765. The fourth-order valence-electron chi connectivity index (χ4n) is 3.61. The molecule has 3 atom stereocenters. The van der Waals surface area contributed by atoms with Crippen LogP contribution in [0.4, 0.5) is 0 Å². The van der Waals surface area contributed by atoms with Gasteiger partial charge in [-0.15, -0.1) is 0 Å². The Morgan fingerprint density at radius 2 is 2.32 bits per heavy atom. The molecule has 0 spiro atoms. The number of likely N-dealkylation sites (N-methyl/N-ethyl adjacent to an activating group) is 1. The van der Waals surface area contributed by atoms with Crippen LogP contribution in [0.2, 0.25) is 0 Å². The van der Waals surface area contributed by atoms with Gasteiger partial charge in [0.05, 0.1) is 25.9 Å². The summed E-state index contributed by atoms with van der Waals surface area (Å²) in [6.07, 6.45) is 2.85. The predicted molar refractivity (Wildman–Crippen MR) is 90.4 cm³/mol. The van der Waals surface area contributed by atoms with Gasteiger partial charge >= 0.3 is 0 Å². The summed E-state index contributed by atoms with van der Waals surface area (Å²) in [5.41, 5.74) is 1.44. The summed E-state index contributed by atoms with van der Waals surface area (Å²) in [5, 5.41) is 4.44. The standard InChI is InChI=1S/C17H28N2O2S/c1-18(2)6-8-20-12-15-3-4-16-17(15)21-9-7-19(16)11-14-5-10-22-13-14/h5,10,13,15-17H,3-4,6-9,11-12H2,1-2H3/t15-,16+,17+/m0/s1. The van der Waals surface area contributed by atoms with Crippen molar-refractivity contribution in [1.82, 2.24) is 9.80 Å². The highest BCUT2D eigenvalue weighted by molar-refractivity contribution is 7.07. The Hall–Kier alpha value is -0.460. The largest absolute Gasteiger partial charge is 0.380 e. The Bertz CT molecular complexity index is 438. The molecule has 4 nitrogen and oxygen atoms in total. The topological polar surface area (TPSA) is 24.9 Å². The molecule has 0 bridgehead atoms. The molecule has 0 amide bonds. The van der Waals surface area contributed by atoms with Crippen molar-refractivity contribution in [3.63, 3.8) is 0 Å². The SMILES string of the molecule is CN(C)CCOC[C@@H]1CC[C@@H]2[C@@H]1OCCN2Cc1ccsc1. The molecular weight excluding hydrogens is 296 g/mol. The Balaban J connectivity index is 1.49. The first-order valence-corrected chi connectivity index (χ1v) is 9.27. The van der Waals surface area contributed by atoms with E-state index < -0.39 is 0 Å². The van der Waals surface area contributed by atoms with Crippen molar-refractivity contribution >= 4 is 11.3 Å². The first kappa shape index (κ1) is 16.4. The zero-order valence-electron chi connectivity index (χ0n) is 13.7. The average molecular weight is 324 g/mol. The molecule has 124 valence electrons. The minimum Gasteiger partial charge on any atom is -0.380 e. The highest BCUT2D eigenvalue weighted by Gasteiger charge is 2.42. The van der Waals surface area contributed by atoms with Gasteiger partial charge in [-0.3, -0.25) is 4.90 Å². The summed E-state index contributed by atoms with van der Waals surface area (Å²) in [6.45, 7) is 5.65. The van der Waals surface area contributed by atoms with E-state index in [1.165, 1.54) is 18.4 Å². The molecule has 1 aromatic rings. The monoisotopic (exact) mass is 324 g/mol. The van der Waals surface area contributed by atoms with Crippen molar-refractivity contribution in [1.29, 1.82) is 0 Å². The van der Waals surface area contributed by atoms with Crippen LogP contribution in [0.1, 0.15) is 18.4 Å². The third kappa shape index (κ3) is 4.09. The molecule has 2 fully saturated rings. The average Bonchev–Trinajstić information content (AvgIpc) is 3.14. The smallest absolute Gasteiger partial charge is 0.0781 e. The molecule has 0 aromatic carbocycles. The molecule has 0 radical (unpaired) electrons. The lowest BCUT2D eigenvalue weighted by atomic mass is 10.0. The Morgan fingerprint density at radius 3 is 3.09 bits per heavy atom. The third-order valence-electron chi connectivity index (χ3n) is 4.82. The normalized spacial score (nSPS) is 29.1. The summed E-state index contributed by atoms with van der Waals surface area (Å²) < 4.78 is 12.0. The molecule has 2 heterocycles. The Kier molecular flexibility index (Phi) is 5.88. The van der Waals surface area contributed by atoms with Crippen LogP contribution >= 0.6 is 11.3 Å². The third-order valence-corrected chi connectivity index (χ3v) is 5.55. The Labute approximate surface area is 138 Å². The van der Waals surface area contributed by atoms with Gasteiger partial charge in [-0.2, -0.15) is 11.3 Å². The maximum absolute atomic E-state index is 6.11. The number of hydrogen-bond acceptors (Lipinski definition) is 5. The van der Waals surface area contributed by atoms with E-state index in [-0.39, 0.29) is 0 Å². The molecule has 1 aliphatic heterocycles. The van der Waals surface area contributed by atoms with Gasteiger partial charge in [0.1, 0.15) is 0 Å². The molecule has 0 N–H and O–H groups in total. The van der Waals surface area contributed by atoms with E-state index in [0.29, 0.717) is 18.1 Å². The van der Waals surface area contributed by atoms with Crippen molar-refractivity contribution in [2.24, 2.45) is 5.92 Å². The lowest BCUT2D eigenvalue weighted by Crippen LogP contribution is -2.50. The molecule has 1 aromatic heterocycles. The zero-order valence-corrected chi connectivity index (χ0v) is 14.6. The second-order valence-corrected chi connectivity index (χ2v) is 7.50. The molecule has 22 heavy (non-hydrogen) atoms. The van der Waals surface area contributed by atoms with Gasteiger partial charge in [-0.1, -0.05) is 0 Å². The first-order chi connectivity index (χ1) is 10.7. The molecule has 3 rings (SSSR count). The molecule has 1 saturated carbocycles. The van der Waals surface area contributed by atoms with Crippen LogP contribution in [0.15, 0.2) is 16.8 Å². The lowest BCUT2D eigenvalue weighted by Gasteiger charge is -2.39. The van der Waals surface area contributed by atoms with Gasteiger partial charge in [-0.25, -0.2) is 0 Å². The summed E-state index contributed by atoms with van der Waals surface area (Å²) in [6, 6.07) is 2.82. The van der Waals surface area contributed by atoms with Gasteiger partial charge in [0.2, 0.25) is 0 Å². The molecular formula is C17H28N2O2S. The fourth-order valence-corrected chi connectivity index (χ4v) is 4.27. The number of rotatable bonds is 7. The van der Waals surface area contributed by atoms with Crippen molar-refractivity contribution in [2.45, 2.75) is 31.5 Å². The minimum atomic E-state index is 0.367. The number of morpholine rings is 1. The van der Waals surface area contributed by atoms with Crippen LogP contribution in [0.25, 0.3) is 0 Å². The van der Waals surface area contributed by atoms with Crippen molar-refractivity contribution in [2.75, 3.05) is 47.0 Å². The highest BCUT2D eigenvalue weighted by atomic mass is 32.1. The van der Waals surface area contributed by atoms with E-state index in [2.05, 4.69) is 40.7 Å². The molecule has 1 saturated heterocycles. The van der Waals surface area contributed by atoms with Gasteiger partial charge in [0.25, 0.3) is 0 Å². The molecule has 1 aliphatic carbocycles. The van der Waals surface area contributed by atoms with Crippen LogP contribution < -0.4 is 0 Å². The van der Waals surface area contributed by atoms with Crippen LogP contribution in [-0.4, -0.2) is 69.0 Å². The summed E-state index contributed by atoms with van der Waals surface area (Å²) in [5.74, 6) is 0.567. The van der Waals surface area contributed by atoms with Gasteiger partial charge in [0, 0.05) is 31.6 Å². The highest BCUT2D eigenvalue weighted by Crippen LogP contribution is 2.35. The maximum Gasteiger partial charge on any atom is 0.0781 e. The van der Waals surface area contributed by atoms with Gasteiger partial charge in [-0.05, 0) is 49.3 Å². The number of nitrogens with zero attached hydrogens (tertiary/aromatic N) is 2. The van der Waals surface area contributed by atoms with Crippen LogP contribution in [0.5, 0.6) is 0 Å². The second-order valence-electron chi connectivity index (χ2n) is 6.72. The number of ether oxygens (including phenoxy) is 2. The van der Waals surface area contributed by atoms with Crippen LogP contribution in [0.3, 0.4) is 0 Å². The number of fused-ring (bicyclic) bond motifs is 1. The second kappa shape index (κ2) is 7.88.